The predicted molar refractivity (Wildman–Crippen MR) is 165 cm³/mol. The van der Waals surface area contributed by atoms with Crippen LogP contribution in [0, 0.1) is 0 Å². The number of aryl methyl sites for hydroxylation is 2. The van der Waals surface area contributed by atoms with Gasteiger partial charge in [0.25, 0.3) is 5.91 Å². The number of carbonyl (C=O) groups excluding carboxylic acids is 2. The van der Waals surface area contributed by atoms with Crippen molar-refractivity contribution in [3.63, 3.8) is 0 Å². The van der Waals surface area contributed by atoms with Crippen LogP contribution in [-0.4, -0.2) is 32.0 Å². The quantitative estimate of drug-likeness (QED) is 0.169. The Kier molecular flexibility index (Phi) is 9.46. The molecule has 0 radical (unpaired) electrons. The standard InChI is InChI=1S/C34H37N5O3/c1-25(42-23-27-11-6-3-7-12-27)31(39-22-30(34(35)41)36-24-39)18-20-38-19-17-28-15-16-29(21-32(28)38)37-33(40)14-8-13-26-9-4-2-5-10-26/h2-7,9-12,15-17,19,21-22,24-25,31H,8,13-14,18,20,23H2,1H3,(H2,35,41)(H,37,40)/t25-,31+/m0/s1. The highest BCUT2D eigenvalue weighted by Crippen LogP contribution is 2.25. The minimum absolute atomic E-state index is 0.0122. The molecule has 2 heterocycles. The van der Waals surface area contributed by atoms with E-state index < -0.39 is 5.91 Å². The summed E-state index contributed by atoms with van der Waals surface area (Å²) in [5, 5.41) is 4.16. The van der Waals surface area contributed by atoms with Gasteiger partial charge >= 0.3 is 0 Å². The maximum Gasteiger partial charge on any atom is 0.268 e. The van der Waals surface area contributed by atoms with Crippen LogP contribution in [0.3, 0.4) is 0 Å². The smallest absolute Gasteiger partial charge is 0.268 e. The first-order valence-electron chi connectivity index (χ1n) is 14.4. The summed E-state index contributed by atoms with van der Waals surface area (Å²) in [6, 6.07) is 28.3. The Hall–Kier alpha value is -4.69. The van der Waals surface area contributed by atoms with Gasteiger partial charge in [0.15, 0.2) is 0 Å². The summed E-state index contributed by atoms with van der Waals surface area (Å²) in [7, 11) is 0. The third kappa shape index (κ3) is 7.53. The Balaban J connectivity index is 1.25. The number of nitrogens with two attached hydrogens (primary N) is 1. The van der Waals surface area contributed by atoms with E-state index in [9.17, 15) is 9.59 Å². The van der Waals surface area contributed by atoms with E-state index in [-0.39, 0.29) is 23.7 Å². The second kappa shape index (κ2) is 13.8. The number of nitrogens with zero attached hydrogens (tertiary/aromatic N) is 3. The Bertz CT molecular complexity index is 1610. The number of carbonyl (C=O) groups is 2. The van der Waals surface area contributed by atoms with Crippen LogP contribution >= 0.6 is 0 Å². The molecular formula is C34H37N5O3. The molecule has 42 heavy (non-hydrogen) atoms. The van der Waals surface area contributed by atoms with Gasteiger partial charge < -0.3 is 24.9 Å². The maximum absolute atomic E-state index is 12.6. The number of primary amides is 1. The van der Waals surface area contributed by atoms with Gasteiger partial charge in [0.2, 0.25) is 5.91 Å². The van der Waals surface area contributed by atoms with Crippen LogP contribution in [0.25, 0.3) is 10.9 Å². The van der Waals surface area contributed by atoms with Crippen molar-refractivity contribution in [1.82, 2.24) is 14.1 Å². The van der Waals surface area contributed by atoms with Crippen LogP contribution in [0.1, 0.15) is 53.8 Å². The highest BCUT2D eigenvalue weighted by molar-refractivity contribution is 5.93. The summed E-state index contributed by atoms with van der Waals surface area (Å²) < 4.78 is 10.4. The van der Waals surface area contributed by atoms with Crippen molar-refractivity contribution in [1.29, 1.82) is 0 Å². The van der Waals surface area contributed by atoms with Gasteiger partial charge in [-0.3, -0.25) is 9.59 Å². The fraction of sp³-hybridized carbons (Fsp3) is 0.265. The molecule has 0 unspecified atom stereocenters. The first kappa shape index (κ1) is 28.8. The van der Waals surface area contributed by atoms with E-state index in [0.717, 1.165) is 41.4 Å². The summed E-state index contributed by atoms with van der Waals surface area (Å²) in [5.74, 6) is -0.547. The molecule has 0 spiro atoms. The molecule has 2 aromatic heterocycles. The summed E-state index contributed by atoms with van der Waals surface area (Å²) in [6.45, 7) is 3.22. The zero-order valence-corrected chi connectivity index (χ0v) is 23.9. The van der Waals surface area contributed by atoms with E-state index in [1.54, 1.807) is 12.5 Å². The van der Waals surface area contributed by atoms with Gasteiger partial charge in [-0.1, -0.05) is 66.7 Å². The van der Waals surface area contributed by atoms with Gasteiger partial charge in [-0.2, -0.15) is 0 Å². The number of hydrogen-bond donors (Lipinski definition) is 2. The van der Waals surface area contributed by atoms with Crippen molar-refractivity contribution in [2.24, 2.45) is 5.73 Å². The number of imidazole rings is 1. The number of benzene rings is 3. The van der Waals surface area contributed by atoms with Gasteiger partial charge in [-0.15, -0.1) is 0 Å². The van der Waals surface area contributed by atoms with Crippen LogP contribution in [0.2, 0.25) is 0 Å². The SMILES string of the molecule is C[C@H](OCc1ccccc1)[C@@H](CCn1ccc2ccc(NC(=O)CCCc3ccccc3)cc21)n1cnc(C(N)=O)c1. The summed E-state index contributed by atoms with van der Waals surface area (Å²) in [5.41, 5.74) is 9.86. The average molecular weight is 564 g/mol. The molecule has 0 bridgehead atoms. The maximum atomic E-state index is 12.6. The van der Waals surface area contributed by atoms with E-state index in [0.29, 0.717) is 19.6 Å². The normalized spacial score (nSPS) is 12.7. The molecular weight excluding hydrogens is 526 g/mol. The number of aromatic nitrogens is 3. The second-order valence-electron chi connectivity index (χ2n) is 10.6. The molecule has 2 amide bonds. The van der Waals surface area contributed by atoms with Crippen LogP contribution in [0.5, 0.6) is 0 Å². The molecule has 3 aromatic carbocycles. The number of hydrogen-bond acceptors (Lipinski definition) is 4. The summed E-state index contributed by atoms with van der Waals surface area (Å²) in [6.07, 6.45) is 8.10. The monoisotopic (exact) mass is 563 g/mol. The molecule has 3 N–H and O–H groups in total. The third-order valence-electron chi connectivity index (χ3n) is 7.57. The minimum atomic E-state index is -0.559. The fourth-order valence-corrected chi connectivity index (χ4v) is 5.23. The van der Waals surface area contributed by atoms with Crippen molar-refractivity contribution in [3.8, 4) is 0 Å². The number of anilines is 1. The van der Waals surface area contributed by atoms with Crippen molar-refractivity contribution in [3.05, 3.63) is 120 Å². The van der Waals surface area contributed by atoms with E-state index in [1.165, 1.54) is 5.56 Å². The molecule has 5 aromatic rings. The summed E-state index contributed by atoms with van der Waals surface area (Å²) in [4.78, 5) is 28.6. The second-order valence-corrected chi connectivity index (χ2v) is 10.6. The molecule has 0 aliphatic carbocycles. The lowest BCUT2D eigenvalue weighted by molar-refractivity contribution is -0.116. The van der Waals surface area contributed by atoms with Gasteiger partial charge in [0.05, 0.1) is 30.6 Å². The van der Waals surface area contributed by atoms with Crippen LogP contribution in [0.15, 0.2) is 104 Å². The Labute approximate surface area is 246 Å². The lowest BCUT2D eigenvalue weighted by Gasteiger charge is -2.26. The lowest BCUT2D eigenvalue weighted by Crippen LogP contribution is -2.25. The van der Waals surface area contributed by atoms with Gasteiger partial charge in [0.1, 0.15) is 5.69 Å². The molecule has 2 atom stereocenters. The Morgan fingerprint density at radius 3 is 2.43 bits per heavy atom. The van der Waals surface area contributed by atoms with E-state index in [4.69, 9.17) is 10.5 Å². The van der Waals surface area contributed by atoms with Crippen molar-refractivity contribution in [2.45, 2.75) is 57.9 Å². The van der Waals surface area contributed by atoms with Gasteiger partial charge in [-0.05, 0) is 60.9 Å². The molecule has 0 saturated carbocycles. The lowest BCUT2D eigenvalue weighted by atomic mass is 10.1. The topological polar surface area (TPSA) is 104 Å². The average Bonchev–Trinajstić information content (AvgIpc) is 3.65. The Morgan fingerprint density at radius 2 is 1.71 bits per heavy atom. The van der Waals surface area contributed by atoms with E-state index in [1.807, 2.05) is 78.2 Å². The van der Waals surface area contributed by atoms with E-state index >= 15 is 0 Å². The molecule has 0 aliphatic heterocycles. The molecule has 8 nitrogen and oxygen atoms in total. The van der Waals surface area contributed by atoms with Crippen molar-refractivity contribution in [2.75, 3.05) is 5.32 Å². The van der Waals surface area contributed by atoms with Crippen LogP contribution in [-0.2, 0) is 29.1 Å². The zero-order chi connectivity index (χ0) is 29.3. The molecule has 0 aliphatic rings. The third-order valence-corrected chi connectivity index (χ3v) is 7.57. The first-order valence-corrected chi connectivity index (χ1v) is 14.4. The highest BCUT2D eigenvalue weighted by Gasteiger charge is 2.22. The number of fused-ring (bicyclic) bond motifs is 1. The molecule has 8 heteroatoms. The molecule has 216 valence electrons. The first-order chi connectivity index (χ1) is 20.5. The van der Waals surface area contributed by atoms with E-state index in [2.05, 4.69) is 39.3 Å². The minimum Gasteiger partial charge on any atom is -0.372 e. The predicted octanol–water partition coefficient (Wildman–Crippen LogP) is 6.13. The number of rotatable bonds is 14. The molecule has 0 fully saturated rings. The highest BCUT2D eigenvalue weighted by atomic mass is 16.5. The number of amides is 2. The zero-order valence-electron chi connectivity index (χ0n) is 23.9. The molecule has 0 saturated heterocycles. The summed E-state index contributed by atoms with van der Waals surface area (Å²) >= 11 is 0. The van der Waals surface area contributed by atoms with Crippen molar-refractivity contribution >= 4 is 28.4 Å². The Morgan fingerprint density at radius 1 is 0.976 bits per heavy atom. The molecule has 5 rings (SSSR count). The van der Waals surface area contributed by atoms with Crippen LogP contribution in [0.4, 0.5) is 5.69 Å². The van der Waals surface area contributed by atoms with Crippen LogP contribution < -0.4 is 11.1 Å². The van der Waals surface area contributed by atoms with Gasteiger partial charge in [-0.25, -0.2) is 4.98 Å². The number of nitrogens with one attached hydrogen (secondary N) is 1. The fourth-order valence-electron chi connectivity index (χ4n) is 5.23. The van der Waals surface area contributed by atoms with Crippen molar-refractivity contribution < 1.29 is 14.3 Å². The largest absolute Gasteiger partial charge is 0.372 e. The van der Waals surface area contributed by atoms with Gasteiger partial charge in [0, 0.05) is 31.0 Å². The number of ether oxygens (including phenoxy) is 1.